The number of piperidine rings is 1. The van der Waals surface area contributed by atoms with Crippen molar-refractivity contribution in [1.29, 1.82) is 0 Å². The van der Waals surface area contributed by atoms with E-state index in [0.29, 0.717) is 18.5 Å². The first-order valence-electron chi connectivity index (χ1n) is 10.6. The summed E-state index contributed by atoms with van der Waals surface area (Å²) in [6.07, 6.45) is 2.33. The molecule has 2 aromatic rings. The molecular formula is C22H24N6O3. The fourth-order valence-corrected chi connectivity index (χ4v) is 4.58. The Labute approximate surface area is 180 Å². The second kappa shape index (κ2) is 8.07. The van der Waals surface area contributed by atoms with E-state index < -0.39 is 6.04 Å². The first-order chi connectivity index (χ1) is 15.1. The first kappa shape index (κ1) is 19.6. The Morgan fingerprint density at radius 2 is 1.90 bits per heavy atom. The standard InChI is InChI=1S/C22H24N6O3/c29-20-6-5-18(21(30)24-20)28-14-16-12-15(3-4-17(16)22(28)31)13-26-8-10-27(11-9-26)19-2-1-7-23-25-19/h1-4,7,12,18H,5-6,8-11,13-14H2,(H,24,29,30). The first-order valence-corrected chi connectivity index (χ1v) is 10.6. The molecule has 1 N–H and O–H groups in total. The number of amides is 3. The average molecular weight is 420 g/mol. The van der Waals surface area contributed by atoms with Crippen molar-refractivity contribution in [2.45, 2.75) is 32.0 Å². The minimum atomic E-state index is -0.574. The van der Waals surface area contributed by atoms with Gasteiger partial charge in [-0.1, -0.05) is 12.1 Å². The third-order valence-corrected chi connectivity index (χ3v) is 6.25. The lowest BCUT2D eigenvalue weighted by Gasteiger charge is -2.35. The van der Waals surface area contributed by atoms with Crippen molar-refractivity contribution < 1.29 is 14.4 Å². The molecule has 1 atom stereocenters. The van der Waals surface area contributed by atoms with Crippen LogP contribution in [0.4, 0.5) is 5.82 Å². The molecule has 0 radical (unpaired) electrons. The predicted octanol–water partition coefficient (Wildman–Crippen LogP) is 0.560. The highest BCUT2D eigenvalue weighted by Gasteiger charge is 2.39. The normalized spacial score (nSPS) is 21.9. The second-order valence-corrected chi connectivity index (χ2v) is 8.24. The van der Waals surface area contributed by atoms with Gasteiger partial charge in [-0.25, -0.2) is 0 Å². The van der Waals surface area contributed by atoms with Crippen LogP contribution < -0.4 is 10.2 Å². The summed E-state index contributed by atoms with van der Waals surface area (Å²) in [6, 6.07) is 9.26. The van der Waals surface area contributed by atoms with E-state index in [0.717, 1.165) is 49.7 Å². The lowest BCUT2D eigenvalue weighted by Crippen LogP contribution is -2.52. The van der Waals surface area contributed by atoms with Crippen LogP contribution in [0.15, 0.2) is 36.5 Å². The summed E-state index contributed by atoms with van der Waals surface area (Å²) in [5.41, 5.74) is 2.76. The number of hydrogen-bond acceptors (Lipinski definition) is 7. The molecule has 0 aliphatic carbocycles. The smallest absolute Gasteiger partial charge is 0.255 e. The highest BCUT2D eigenvalue weighted by atomic mass is 16.2. The Kier molecular flexibility index (Phi) is 5.11. The monoisotopic (exact) mass is 420 g/mol. The maximum absolute atomic E-state index is 12.8. The quantitative estimate of drug-likeness (QED) is 0.722. The Morgan fingerprint density at radius 1 is 1.06 bits per heavy atom. The Bertz CT molecular complexity index is 1020. The molecule has 1 aromatic heterocycles. The summed E-state index contributed by atoms with van der Waals surface area (Å²) in [5, 5.41) is 10.5. The molecule has 1 aromatic carbocycles. The van der Waals surface area contributed by atoms with Crippen LogP contribution in [0.2, 0.25) is 0 Å². The van der Waals surface area contributed by atoms with Crippen molar-refractivity contribution in [3.8, 4) is 0 Å². The average Bonchev–Trinajstić information content (AvgIpc) is 3.10. The number of imide groups is 1. The summed E-state index contributed by atoms with van der Waals surface area (Å²) < 4.78 is 0. The number of fused-ring (bicyclic) bond motifs is 1. The van der Waals surface area contributed by atoms with Gasteiger partial charge in [-0.2, -0.15) is 5.10 Å². The van der Waals surface area contributed by atoms with Crippen LogP contribution in [0.1, 0.15) is 34.3 Å². The molecular weight excluding hydrogens is 396 g/mol. The van der Waals surface area contributed by atoms with Gasteiger partial charge >= 0.3 is 0 Å². The third-order valence-electron chi connectivity index (χ3n) is 6.25. The van der Waals surface area contributed by atoms with Crippen molar-refractivity contribution in [2.24, 2.45) is 0 Å². The van der Waals surface area contributed by atoms with E-state index in [1.54, 1.807) is 11.1 Å². The van der Waals surface area contributed by atoms with Crippen molar-refractivity contribution in [3.63, 3.8) is 0 Å². The zero-order valence-electron chi connectivity index (χ0n) is 17.2. The molecule has 3 aliphatic heterocycles. The number of piperazine rings is 1. The molecule has 0 spiro atoms. The topological polar surface area (TPSA) is 98.7 Å². The van der Waals surface area contributed by atoms with Crippen LogP contribution in [0.25, 0.3) is 0 Å². The summed E-state index contributed by atoms with van der Waals surface area (Å²) in [4.78, 5) is 42.7. The van der Waals surface area contributed by atoms with E-state index in [4.69, 9.17) is 0 Å². The predicted molar refractivity (Wildman–Crippen MR) is 112 cm³/mol. The largest absolute Gasteiger partial charge is 0.353 e. The van der Waals surface area contributed by atoms with Gasteiger partial charge in [0.1, 0.15) is 6.04 Å². The Balaban J connectivity index is 1.22. The highest BCUT2D eigenvalue weighted by Crippen LogP contribution is 2.28. The third kappa shape index (κ3) is 3.88. The van der Waals surface area contributed by atoms with Gasteiger partial charge in [-0.3, -0.25) is 24.6 Å². The molecule has 0 saturated carbocycles. The van der Waals surface area contributed by atoms with Gasteiger partial charge in [-0.15, -0.1) is 5.10 Å². The fraction of sp³-hybridized carbons (Fsp3) is 0.409. The second-order valence-electron chi connectivity index (χ2n) is 8.24. The molecule has 9 heteroatoms. The van der Waals surface area contributed by atoms with Crippen LogP contribution in [-0.4, -0.2) is 69.9 Å². The van der Waals surface area contributed by atoms with E-state index >= 15 is 0 Å². The molecule has 5 rings (SSSR count). The molecule has 1 unspecified atom stereocenters. The number of hydrogen-bond donors (Lipinski definition) is 1. The maximum atomic E-state index is 12.8. The SMILES string of the molecule is O=C1CCC(N2Cc3cc(CN4CCN(c5cccnn5)CC4)ccc3C2=O)C(=O)N1. The number of rotatable bonds is 4. The van der Waals surface area contributed by atoms with E-state index in [9.17, 15) is 14.4 Å². The van der Waals surface area contributed by atoms with Crippen LogP contribution in [-0.2, 0) is 22.7 Å². The molecule has 160 valence electrons. The number of nitrogens with zero attached hydrogens (tertiary/aromatic N) is 5. The molecule has 9 nitrogen and oxygen atoms in total. The van der Waals surface area contributed by atoms with E-state index in [1.807, 2.05) is 24.3 Å². The van der Waals surface area contributed by atoms with Gasteiger partial charge in [0.15, 0.2) is 5.82 Å². The summed E-state index contributed by atoms with van der Waals surface area (Å²) in [5.74, 6) is 0.131. The highest BCUT2D eigenvalue weighted by molar-refractivity contribution is 6.05. The molecule has 3 aliphatic rings. The molecule has 2 fully saturated rings. The number of carbonyl (C=O) groups is 3. The molecule has 0 bridgehead atoms. The Hall–Kier alpha value is -3.33. The van der Waals surface area contributed by atoms with Crippen molar-refractivity contribution in [3.05, 3.63) is 53.2 Å². The fourth-order valence-electron chi connectivity index (χ4n) is 4.58. The van der Waals surface area contributed by atoms with Gasteiger partial charge in [0, 0.05) is 57.4 Å². The lowest BCUT2D eigenvalue weighted by molar-refractivity contribution is -0.136. The van der Waals surface area contributed by atoms with E-state index in [1.165, 1.54) is 0 Å². The number of nitrogens with one attached hydrogen (secondary N) is 1. The number of anilines is 1. The summed E-state index contributed by atoms with van der Waals surface area (Å²) >= 11 is 0. The lowest BCUT2D eigenvalue weighted by atomic mass is 10.0. The van der Waals surface area contributed by atoms with Crippen molar-refractivity contribution in [1.82, 2.24) is 25.3 Å². The summed E-state index contributed by atoms with van der Waals surface area (Å²) in [6.45, 7) is 4.86. The van der Waals surface area contributed by atoms with Gasteiger partial charge < -0.3 is 9.80 Å². The molecule has 4 heterocycles. The summed E-state index contributed by atoms with van der Waals surface area (Å²) in [7, 11) is 0. The minimum Gasteiger partial charge on any atom is -0.353 e. The number of carbonyl (C=O) groups excluding carboxylic acids is 3. The van der Waals surface area contributed by atoms with Crippen LogP contribution in [0, 0.1) is 0 Å². The number of aromatic nitrogens is 2. The molecule has 3 amide bonds. The van der Waals surface area contributed by atoms with Gasteiger partial charge in [0.05, 0.1) is 0 Å². The molecule has 31 heavy (non-hydrogen) atoms. The van der Waals surface area contributed by atoms with Gasteiger partial charge in [0.25, 0.3) is 5.91 Å². The van der Waals surface area contributed by atoms with Gasteiger partial charge in [-0.05, 0) is 35.7 Å². The Morgan fingerprint density at radius 3 is 2.65 bits per heavy atom. The maximum Gasteiger partial charge on any atom is 0.255 e. The molecule has 2 saturated heterocycles. The van der Waals surface area contributed by atoms with Crippen LogP contribution >= 0.6 is 0 Å². The van der Waals surface area contributed by atoms with Crippen LogP contribution in [0.5, 0.6) is 0 Å². The zero-order chi connectivity index (χ0) is 21.4. The van der Waals surface area contributed by atoms with Crippen molar-refractivity contribution in [2.75, 3.05) is 31.1 Å². The van der Waals surface area contributed by atoms with Crippen molar-refractivity contribution >= 4 is 23.5 Å². The van der Waals surface area contributed by atoms with Gasteiger partial charge in [0.2, 0.25) is 11.8 Å². The number of benzene rings is 1. The zero-order valence-corrected chi connectivity index (χ0v) is 17.2. The minimum absolute atomic E-state index is 0.131. The van der Waals surface area contributed by atoms with E-state index in [-0.39, 0.29) is 24.1 Å². The van der Waals surface area contributed by atoms with E-state index in [2.05, 4.69) is 31.4 Å². The van der Waals surface area contributed by atoms with Crippen LogP contribution in [0.3, 0.4) is 0 Å².